The van der Waals surface area contributed by atoms with Gasteiger partial charge in [-0.05, 0) is 22.8 Å². The summed E-state index contributed by atoms with van der Waals surface area (Å²) in [5.74, 6) is -0.933. The summed E-state index contributed by atoms with van der Waals surface area (Å²) < 4.78 is 0. The molecule has 0 saturated carbocycles. The smallest absolute Gasteiger partial charge is 0.328 e. The predicted molar refractivity (Wildman–Crippen MR) is 68.5 cm³/mol. The largest absolute Gasteiger partial charge is 0.478 e. The zero-order valence-electron chi connectivity index (χ0n) is 9.21. The van der Waals surface area contributed by atoms with Crippen molar-refractivity contribution in [1.82, 2.24) is 0 Å². The van der Waals surface area contributed by atoms with E-state index >= 15 is 0 Å². The average molecular weight is 224 g/mol. The van der Waals surface area contributed by atoms with Crippen LogP contribution in [0.1, 0.15) is 5.56 Å². The van der Waals surface area contributed by atoms with E-state index in [9.17, 15) is 4.79 Å². The first-order chi connectivity index (χ1) is 8.25. The van der Waals surface area contributed by atoms with Crippen LogP contribution in [-0.4, -0.2) is 11.1 Å². The lowest BCUT2D eigenvalue weighted by molar-refractivity contribution is -0.131. The van der Waals surface area contributed by atoms with Crippen molar-refractivity contribution in [2.24, 2.45) is 0 Å². The lowest BCUT2D eigenvalue weighted by atomic mass is 10.0. The number of aliphatic carboxylic acids is 1. The number of benzene rings is 2. The Morgan fingerprint density at radius 3 is 2.06 bits per heavy atom. The van der Waals surface area contributed by atoms with E-state index in [4.69, 9.17) is 5.11 Å². The van der Waals surface area contributed by atoms with Gasteiger partial charge in [-0.15, -0.1) is 0 Å². The Morgan fingerprint density at radius 1 is 0.882 bits per heavy atom. The van der Waals surface area contributed by atoms with Crippen molar-refractivity contribution < 1.29 is 9.90 Å². The molecule has 0 bridgehead atoms. The van der Waals surface area contributed by atoms with E-state index in [-0.39, 0.29) is 0 Å². The summed E-state index contributed by atoms with van der Waals surface area (Å²) in [6, 6.07) is 17.8. The van der Waals surface area contributed by atoms with E-state index in [0.717, 1.165) is 22.8 Å². The summed E-state index contributed by atoms with van der Waals surface area (Å²) in [7, 11) is 0. The normalized spacial score (nSPS) is 10.6. The van der Waals surface area contributed by atoms with E-state index in [2.05, 4.69) is 0 Å². The maximum absolute atomic E-state index is 10.4. The highest BCUT2D eigenvalue weighted by atomic mass is 16.4. The van der Waals surface area contributed by atoms with Gasteiger partial charge in [0.05, 0.1) is 0 Å². The number of carbonyl (C=O) groups is 1. The van der Waals surface area contributed by atoms with Crippen LogP contribution < -0.4 is 0 Å². The molecule has 0 aliphatic carbocycles. The first-order valence-corrected chi connectivity index (χ1v) is 5.32. The second kappa shape index (κ2) is 5.12. The maximum Gasteiger partial charge on any atom is 0.328 e. The van der Waals surface area contributed by atoms with Crippen molar-refractivity contribution in [3.05, 3.63) is 66.2 Å². The summed E-state index contributed by atoms with van der Waals surface area (Å²) in [5.41, 5.74) is 3.16. The van der Waals surface area contributed by atoms with Gasteiger partial charge in [-0.3, -0.25) is 0 Å². The third-order valence-corrected chi connectivity index (χ3v) is 2.44. The lowest BCUT2D eigenvalue weighted by Gasteiger charge is -2.01. The van der Waals surface area contributed by atoms with E-state index < -0.39 is 5.97 Å². The number of carboxylic acids is 1. The van der Waals surface area contributed by atoms with Gasteiger partial charge in [0.2, 0.25) is 0 Å². The molecule has 2 aromatic carbocycles. The van der Waals surface area contributed by atoms with Gasteiger partial charge < -0.3 is 5.11 Å². The number of rotatable bonds is 3. The second-order valence-electron chi connectivity index (χ2n) is 3.66. The van der Waals surface area contributed by atoms with Crippen molar-refractivity contribution in [2.45, 2.75) is 0 Å². The van der Waals surface area contributed by atoms with Crippen LogP contribution in [0.4, 0.5) is 0 Å². The van der Waals surface area contributed by atoms with Gasteiger partial charge in [0.1, 0.15) is 0 Å². The second-order valence-corrected chi connectivity index (χ2v) is 3.66. The molecule has 2 aromatic rings. The Balaban J connectivity index is 2.22. The molecule has 0 aliphatic rings. The molecule has 84 valence electrons. The highest BCUT2D eigenvalue weighted by Crippen LogP contribution is 2.19. The Labute approximate surface area is 99.8 Å². The fourth-order valence-electron chi connectivity index (χ4n) is 1.58. The van der Waals surface area contributed by atoms with Crippen LogP contribution >= 0.6 is 0 Å². The van der Waals surface area contributed by atoms with Gasteiger partial charge >= 0.3 is 5.97 Å². The molecule has 0 aliphatic heterocycles. The highest BCUT2D eigenvalue weighted by Gasteiger charge is 1.95. The molecule has 2 nitrogen and oxygen atoms in total. The first-order valence-electron chi connectivity index (χ1n) is 5.32. The molecular weight excluding hydrogens is 212 g/mol. The summed E-state index contributed by atoms with van der Waals surface area (Å²) in [5, 5.41) is 8.52. The third kappa shape index (κ3) is 3.05. The van der Waals surface area contributed by atoms with Gasteiger partial charge in [-0.25, -0.2) is 4.79 Å². The molecule has 0 aromatic heterocycles. The lowest BCUT2D eigenvalue weighted by Crippen LogP contribution is -1.85. The Kier molecular flexibility index (Phi) is 3.36. The van der Waals surface area contributed by atoms with E-state index in [1.807, 2.05) is 54.6 Å². The van der Waals surface area contributed by atoms with Crippen molar-refractivity contribution >= 4 is 12.0 Å². The average Bonchev–Trinajstić information content (AvgIpc) is 2.38. The van der Waals surface area contributed by atoms with E-state index in [1.54, 1.807) is 6.08 Å². The summed E-state index contributed by atoms with van der Waals surface area (Å²) in [6.07, 6.45) is 2.72. The van der Waals surface area contributed by atoms with Crippen LogP contribution in [0.25, 0.3) is 17.2 Å². The number of hydrogen-bond acceptors (Lipinski definition) is 1. The van der Waals surface area contributed by atoms with Crippen LogP contribution in [0.15, 0.2) is 60.7 Å². The van der Waals surface area contributed by atoms with Crippen LogP contribution in [0.3, 0.4) is 0 Å². The van der Waals surface area contributed by atoms with Crippen LogP contribution in [0.2, 0.25) is 0 Å². The van der Waals surface area contributed by atoms with Crippen molar-refractivity contribution in [1.29, 1.82) is 0 Å². The SMILES string of the molecule is O=C(O)/C=C/c1ccc(-c2ccccc2)cc1. The van der Waals surface area contributed by atoms with E-state index in [0.29, 0.717) is 0 Å². The predicted octanol–water partition coefficient (Wildman–Crippen LogP) is 3.45. The maximum atomic E-state index is 10.4. The molecule has 17 heavy (non-hydrogen) atoms. The van der Waals surface area contributed by atoms with Crippen LogP contribution in [0, 0.1) is 0 Å². The molecular formula is C15H12O2. The number of carboxylic acid groups (broad SMARTS) is 1. The number of hydrogen-bond donors (Lipinski definition) is 1. The summed E-state index contributed by atoms with van der Waals surface area (Å²) in [6.45, 7) is 0. The minimum absolute atomic E-state index is 0.882. The topological polar surface area (TPSA) is 37.3 Å². The first kappa shape index (κ1) is 11.1. The molecule has 2 heteroatoms. The van der Waals surface area contributed by atoms with Crippen molar-refractivity contribution in [2.75, 3.05) is 0 Å². The molecule has 2 rings (SSSR count). The van der Waals surface area contributed by atoms with Gasteiger partial charge in [-0.1, -0.05) is 54.6 Å². The molecule has 0 amide bonds. The van der Waals surface area contributed by atoms with Crippen molar-refractivity contribution in [3.63, 3.8) is 0 Å². The molecule has 1 N–H and O–H groups in total. The summed E-state index contributed by atoms with van der Waals surface area (Å²) in [4.78, 5) is 10.4. The molecule has 0 heterocycles. The quantitative estimate of drug-likeness (QED) is 0.811. The van der Waals surface area contributed by atoms with Gasteiger partial charge in [0, 0.05) is 6.08 Å². The summed E-state index contributed by atoms with van der Waals surface area (Å²) >= 11 is 0. The molecule has 0 atom stereocenters. The van der Waals surface area contributed by atoms with Crippen LogP contribution in [0.5, 0.6) is 0 Å². The fraction of sp³-hybridized carbons (Fsp3) is 0. The van der Waals surface area contributed by atoms with E-state index in [1.165, 1.54) is 0 Å². The minimum atomic E-state index is -0.933. The van der Waals surface area contributed by atoms with Crippen molar-refractivity contribution in [3.8, 4) is 11.1 Å². The molecule has 0 unspecified atom stereocenters. The zero-order valence-corrected chi connectivity index (χ0v) is 9.21. The third-order valence-electron chi connectivity index (χ3n) is 2.44. The Bertz CT molecular complexity index is 525. The Morgan fingerprint density at radius 2 is 1.47 bits per heavy atom. The van der Waals surface area contributed by atoms with Crippen LogP contribution in [-0.2, 0) is 4.79 Å². The minimum Gasteiger partial charge on any atom is -0.478 e. The fourth-order valence-corrected chi connectivity index (χ4v) is 1.58. The molecule has 0 radical (unpaired) electrons. The molecule has 0 spiro atoms. The molecule has 0 saturated heterocycles. The monoisotopic (exact) mass is 224 g/mol. The van der Waals surface area contributed by atoms with Gasteiger partial charge in [-0.2, -0.15) is 0 Å². The standard InChI is InChI=1S/C15H12O2/c16-15(17)11-8-12-6-9-14(10-7-12)13-4-2-1-3-5-13/h1-11H,(H,16,17)/b11-8+. The van der Waals surface area contributed by atoms with Gasteiger partial charge in [0.15, 0.2) is 0 Å². The highest BCUT2D eigenvalue weighted by molar-refractivity contribution is 5.85. The Hall–Kier alpha value is -2.35. The zero-order chi connectivity index (χ0) is 12.1. The van der Waals surface area contributed by atoms with Gasteiger partial charge in [0.25, 0.3) is 0 Å². The molecule has 0 fully saturated rings.